The average molecular weight is 155 g/mol. The van der Waals surface area contributed by atoms with E-state index in [1.165, 1.54) is 6.21 Å². The predicted octanol–water partition coefficient (Wildman–Crippen LogP) is 1.95. The first-order valence-electron chi connectivity index (χ1n) is 2.67. The van der Waals surface area contributed by atoms with E-state index in [-0.39, 0.29) is 0 Å². The van der Waals surface area contributed by atoms with Crippen LogP contribution in [0.15, 0.2) is 23.4 Å². The lowest BCUT2D eigenvalue weighted by molar-refractivity contribution is 0.322. The van der Waals surface area contributed by atoms with Gasteiger partial charge in [0.2, 0.25) is 0 Å². The first-order valence-corrected chi connectivity index (χ1v) is 3.05. The third kappa shape index (κ3) is 1.74. The van der Waals surface area contributed by atoms with Crippen molar-refractivity contribution in [3.8, 4) is 0 Å². The Hall–Kier alpha value is -1.02. The maximum absolute atomic E-state index is 8.11. The highest BCUT2D eigenvalue weighted by molar-refractivity contribution is 6.30. The lowest BCUT2D eigenvalue weighted by Crippen LogP contribution is -1.78. The minimum absolute atomic E-state index is 0.551. The van der Waals surface area contributed by atoms with Crippen LogP contribution in [0, 0.1) is 6.07 Å². The van der Waals surface area contributed by atoms with E-state index < -0.39 is 0 Å². The van der Waals surface area contributed by atoms with Crippen LogP contribution >= 0.6 is 11.6 Å². The second-order valence-corrected chi connectivity index (χ2v) is 2.12. The highest BCUT2D eigenvalue weighted by Crippen LogP contribution is 2.06. The molecule has 0 spiro atoms. The number of hydrogen-bond donors (Lipinski definition) is 1. The van der Waals surface area contributed by atoms with Crippen molar-refractivity contribution < 1.29 is 5.21 Å². The number of nitrogens with zero attached hydrogens (tertiary/aromatic N) is 1. The van der Waals surface area contributed by atoms with Crippen LogP contribution in [0.25, 0.3) is 0 Å². The molecule has 3 heteroatoms. The number of hydrogen-bond acceptors (Lipinski definition) is 2. The van der Waals surface area contributed by atoms with Gasteiger partial charge in [-0.25, -0.2) is 0 Å². The SMILES string of the molecule is ON=Cc1c[c]c(Cl)cc1. The minimum Gasteiger partial charge on any atom is -0.411 e. The molecule has 0 aliphatic rings. The van der Waals surface area contributed by atoms with Gasteiger partial charge >= 0.3 is 0 Å². The quantitative estimate of drug-likeness (QED) is 0.374. The van der Waals surface area contributed by atoms with Crippen molar-refractivity contribution in [3.05, 3.63) is 34.9 Å². The van der Waals surface area contributed by atoms with E-state index in [1.54, 1.807) is 18.2 Å². The highest BCUT2D eigenvalue weighted by atomic mass is 35.5. The molecule has 0 bridgehead atoms. The number of halogens is 1. The number of oxime groups is 1. The topological polar surface area (TPSA) is 32.6 Å². The van der Waals surface area contributed by atoms with Gasteiger partial charge in [-0.15, -0.1) is 0 Å². The summed E-state index contributed by atoms with van der Waals surface area (Å²) < 4.78 is 0. The lowest BCUT2D eigenvalue weighted by atomic mass is 10.2. The molecule has 1 rings (SSSR count). The van der Waals surface area contributed by atoms with Crippen molar-refractivity contribution in [1.29, 1.82) is 0 Å². The van der Waals surface area contributed by atoms with Gasteiger partial charge in [0, 0.05) is 11.1 Å². The fraction of sp³-hybridized carbons (Fsp3) is 0. The Labute approximate surface area is 63.7 Å². The third-order valence-electron chi connectivity index (χ3n) is 1.01. The van der Waals surface area contributed by atoms with Gasteiger partial charge in [0.15, 0.2) is 0 Å². The van der Waals surface area contributed by atoms with Crippen molar-refractivity contribution >= 4 is 17.8 Å². The fourth-order valence-corrected chi connectivity index (χ4v) is 0.682. The van der Waals surface area contributed by atoms with Gasteiger partial charge in [0.05, 0.1) is 6.21 Å². The van der Waals surface area contributed by atoms with Crippen molar-refractivity contribution in [2.24, 2.45) is 5.16 Å². The lowest BCUT2D eigenvalue weighted by Gasteiger charge is -1.88. The van der Waals surface area contributed by atoms with Gasteiger partial charge < -0.3 is 5.21 Å². The second-order valence-electron chi connectivity index (χ2n) is 1.71. The van der Waals surface area contributed by atoms with Gasteiger partial charge in [-0.05, 0) is 17.7 Å². The third-order valence-corrected chi connectivity index (χ3v) is 1.24. The van der Waals surface area contributed by atoms with Gasteiger partial charge in [-0.1, -0.05) is 22.8 Å². The maximum Gasteiger partial charge on any atom is 0.0734 e. The Morgan fingerprint density at radius 1 is 1.60 bits per heavy atom. The molecule has 0 atom stereocenters. The van der Waals surface area contributed by atoms with Crippen LogP contribution in [0.4, 0.5) is 0 Å². The second kappa shape index (κ2) is 3.22. The summed E-state index contributed by atoms with van der Waals surface area (Å²) in [6.45, 7) is 0. The molecule has 0 amide bonds. The average Bonchev–Trinajstić information content (AvgIpc) is 1.95. The largest absolute Gasteiger partial charge is 0.411 e. The highest BCUT2D eigenvalue weighted by Gasteiger charge is 1.87. The zero-order valence-corrected chi connectivity index (χ0v) is 5.84. The summed E-state index contributed by atoms with van der Waals surface area (Å²) >= 11 is 5.55. The summed E-state index contributed by atoms with van der Waals surface area (Å²) in [5.41, 5.74) is 0.770. The monoisotopic (exact) mass is 154 g/mol. The van der Waals surface area contributed by atoms with E-state index in [0.29, 0.717) is 5.02 Å². The molecule has 0 aliphatic heterocycles. The zero-order chi connectivity index (χ0) is 7.40. The zero-order valence-electron chi connectivity index (χ0n) is 5.08. The molecule has 0 unspecified atom stereocenters. The molecule has 0 saturated carbocycles. The summed E-state index contributed by atoms with van der Waals surface area (Å²) in [7, 11) is 0. The Balaban J connectivity index is 2.89. The molecule has 1 radical (unpaired) electrons. The van der Waals surface area contributed by atoms with Gasteiger partial charge in [0.25, 0.3) is 0 Å². The number of rotatable bonds is 1. The smallest absolute Gasteiger partial charge is 0.0734 e. The predicted molar refractivity (Wildman–Crippen MR) is 39.7 cm³/mol. The van der Waals surface area contributed by atoms with Crippen LogP contribution in [0.3, 0.4) is 0 Å². The van der Waals surface area contributed by atoms with Crippen LogP contribution in [0.5, 0.6) is 0 Å². The maximum atomic E-state index is 8.11. The van der Waals surface area contributed by atoms with Crippen LogP contribution < -0.4 is 0 Å². The van der Waals surface area contributed by atoms with E-state index in [0.717, 1.165) is 5.56 Å². The molecule has 0 fully saturated rings. The molecule has 0 aliphatic carbocycles. The van der Waals surface area contributed by atoms with Crippen LogP contribution in [0.2, 0.25) is 5.02 Å². The Morgan fingerprint density at radius 2 is 2.40 bits per heavy atom. The van der Waals surface area contributed by atoms with Gasteiger partial charge in [-0.3, -0.25) is 0 Å². The molecule has 1 aromatic rings. The molecule has 0 aromatic heterocycles. The van der Waals surface area contributed by atoms with Crippen molar-refractivity contribution in [1.82, 2.24) is 0 Å². The summed E-state index contributed by atoms with van der Waals surface area (Å²) in [6, 6.07) is 7.80. The van der Waals surface area contributed by atoms with Gasteiger partial charge in [-0.2, -0.15) is 0 Å². The van der Waals surface area contributed by atoms with E-state index in [9.17, 15) is 0 Å². The van der Waals surface area contributed by atoms with Crippen molar-refractivity contribution in [2.45, 2.75) is 0 Å². The summed E-state index contributed by atoms with van der Waals surface area (Å²) in [6.07, 6.45) is 1.31. The van der Waals surface area contributed by atoms with Crippen LogP contribution in [-0.2, 0) is 0 Å². The summed E-state index contributed by atoms with van der Waals surface area (Å²) in [5.74, 6) is 0. The van der Waals surface area contributed by atoms with Crippen molar-refractivity contribution in [2.75, 3.05) is 0 Å². The first-order chi connectivity index (χ1) is 4.83. The molecule has 10 heavy (non-hydrogen) atoms. The van der Waals surface area contributed by atoms with E-state index >= 15 is 0 Å². The first kappa shape index (κ1) is 7.09. The van der Waals surface area contributed by atoms with Crippen LogP contribution in [-0.4, -0.2) is 11.4 Å². The fourth-order valence-electron chi connectivity index (χ4n) is 0.565. The van der Waals surface area contributed by atoms with Crippen LogP contribution in [0.1, 0.15) is 5.56 Å². The molecule has 2 nitrogen and oxygen atoms in total. The van der Waals surface area contributed by atoms with Gasteiger partial charge in [0.1, 0.15) is 0 Å². The standard InChI is InChI=1S/C7H5ClNO/c8-7-3-1-6(2-4-7)5-9-10/h1-3,5,10H. The summed E-state index contributed by atoms with van der Waals surface area (Å²) in [5, 5.41) is 11.5. The minimum atomic E-state index is 0.551. The Bertz CT molecular complexity index is 230. The molecule has 0 heterocycles. The normalized spacial score (nSPS) is 10.5. The molecule has 1 N–H and O–H groups in total. The molecule has 51 valence electrons. The summed E-state index contributed by atoms with van der Waals surface area (Å²) in [4.78, 5) is 0. The molecule has 0 saturated heterocycles. The van der Waals surface area contributed by atoms with E-state index in [2.05, 4.69) is 11.2 Å². The number of benzene rings is 1. The van der Waals surface area contributed by atoms with Crippen molar-refractivity contribution in [3.63, 3.8) is 0 Å². The molecular formula is C7H5ClNO. The van der Waals surface area contributed by atoms with E-state index in [4.69, 9.17) is 16.8 Å². The van der Waals surface area contributed by atoms with E-state index in [1.807, 2.05) is 0 Å². The Morgan fingerprint density at radius 3 is 2.90 bits per heavy atom. The molecular weight excluding hydrogens is 150 g/mol. The Kier molecular flexibility index (Phi) is 2.29. The molecule has 1 aromatic carbocycles.